The van der Waals surface area contributed by atoms with Crippen LogP contribution in [0.25, 0.3) is 189 Å². The summed E-state index contributed by atoms with van der Waals surface area (Å²) in [6.07, 6.45) is 13.5. The smallest absolute Gasteiger partial charge is 0.236 e. The molecule has 0 radical (unpaired) electrons. The van der Waals surface area contributed by atoms with Crippen molar-refractivity contribution in [2.75, 3.05) is 0 Å². The number of fused-ring (bicyclic) bond motifs is 21. The summed E-state index contributed by atoms with van der Waals surface area (Å²) in [5, 5.41) is 9.83. The average Bonchev–Trinajstić information content (AvgIpc) is 1.51. The van der Waals surface area contributed by atoms with Crippen LogP contribution in [0.15, 0.2) is 268 Å². The number of furan rings is 3. The first kappa shape index (κ1) is 62.5. The molecular weight excluding hydrogens is 1370 g/mol. The maximum atomic E-state index is 6.92. The third kappa shape index (κ3) is 8.69. The molecule has 9 nitrogen and oxygen atoms in total. The van der Waals surface area contributed by atoms with E-state index in [4.69, 9.17) is 33.2 Å². The van der Waals surface area contributed by atoms with Crippen molar-refractivity contribution in [3.63, 3.8) is 0 Å². The van der Waals surface area contributed by atoms with E-state index in [1.165, 1.54) is 97.4 Å². The zero-order valence-electron chi connectivity index (χ0n) is 62.8. The normalized spacial score (nSPS) is 23.2. The van der Waals surface area contributed by atoms with E-state index in [0.29, 0.717) is 17.5 Å². The van der Waals surface area contributed by atoms with Gasteiger partial charge in [0.15, 0.2) is 5.58 Å². The van der Waals surface area contributed by atoms with Gasteiger partial charge in [-0.15, -0.1) is 0 Å². The van der Waals surface area contributed by atoms with E-state index in [1.807, 2.05) is 24.3 Å². The van der Waals surface area contributed by atoms with Gasteiger partial charge in [-0.2, -0.15) is 0 Å². The van der Waals surface area contributed by atoms with Crippen LogP contribution >= 0.6 is 0 Å². The van der Waals surface area contributed by atoms with Gasteiger partial charge in [0.25, 0.3) is 0 Å². The van der Waals surface area contributed by atoms with Crippen molar-refractivity contribution in [1.29, 1.82) is 0 Å². The summed E-state index contributed by atoms with van der Waals surface area (Å²) >= 11 is 0. The van der Waals surface area contributed by atoms with Crippen LogP contribution in [0.2, 0.25) is 0 Å². The average molecular weight is 1450 g/mol. The maximum Gasteiger partial charge on any atom is 0.236 e. The second kappa shape index (κ2) is 22.3. The van der Waals surface area contributed by atoms with Crippen LogP contribution in [0.3, 0.4) is 0 Å². The molecule has 26 rings (SSSR count). The highest BCUT2D eigenvalue weighted by atomic mass is 16.3. The van der Waals surface area contributed by atoms with E-state index >= 15 is 0 Å². The third-order valence-corrected chi connectivity index (χ3v) is 29.3. The quantitative estimate of drug-likeness (QED) is 0.142. The summed E-state index contributed by atoms with van der Waals surface area (Å²) < 4.78 is 24.9. The second-order valence-corrected chi connectivity index (χ2v) is 35.6. The first-order valence-corrected chi connectivity index (χ1v) is 40.9. The molecule has 9 atom stereocenters. The summed E-state index contributed by atoms with van der Waals surface area (Å²) in [5.41, 5.74) is 28.1. The number of hydrogen-bond acceptors (Lipinski definition) is 7. The lowest BCUT2D eigenvalue weighted by atomic mass is 9.57. The third-order valence-electron chi connectivity index (χ3n) is 29.3. The zero-order valence-corrected chi connectivity index (χ0v) is 62.8. The van der Waals surface area contributed by atoms with E-state index in [-0.39, 0.29) is 16.2 Å². The standard InChI is InChI=1S/C103H78N6O3/c1-101(2)81-22-8-4-20-77(81)96-93(101)94(65-14-13-17-70(45-65)103-54-58-41-67-43-68(55-103)92(67)82(103)42-58)104-99(106-96)108-83-23-9-5-18-71(83)72-34-28-61(48-85(72)108)64-31-37-76-80-47-60(33-39-89(80)111-91(76)51-64)59-32-38-84-79(46-59)73-35-29-62(63-30-36-75-74-19-6-10-24-87(74)110-90(75)50-63)49-86(73)109(84)100-105-95(98-97(107-100)78-21-7-11-25-88(78)112-98)66-15-12-16-69(44-66)102(3)52-56-26-27-57(40-56)53-102/h4-25,28-39,44-51,56-58,67-68,82,92H,26-27,40-43,52-55H2,1-3H3/t56-,57?,58?,67+,68?,82?,92-,102?,103?/m0/s1. The fourth-order valence-electron chi connectivity index (χ4n) is 24.6. The topological polar surface area (TPSA) is 101 Å². The predicted molar refractivity (Wildman–Crippen MR) is 453 cm³/mol. The van der Waals surface area contributed by atoms with Crippen LogP contribution < -0.4 is 0 Å². The molecule has 7 heterocycles. The molecule has 6 saturated carbocycles. The minimum atomic E-state index is -0.307. The van der Waals surface area contributed by atoms with E-state index in [2.05, 4.69) is 260 Å². The van der Waals surface area contributed by atoms with Crippen molar-refractivity contribution in [2.45, 2.75) is 101 Å². The fraction of sp³-hybridized carbons (Fsp3) is 0.223. The SMILES string of the molecule is CC1(c2cccc(-c3nc(-n4c5ccc(-c6ccc7oc8cc(-c9ccc%10c%11ccccc%11n(-c%11nc(-c%12cccc(C%13%14CC%15CC%13[C@@H]%13C(C[C@H]%13C%15)C%14)c%12)c%12c(n%11)-c%11ccccc%11C%12(C)C)c%10c9)ccc8c7c6)cc5c5ccc(-c6ccc7c(c6)oc6ccccc67)cc54)nc4c3oc3ccccc34)c2)CC2CC[C@@H](C2)C1. The Labute approximate surface area is 646 Å². The molecule has 0 amide bonds. The van der Waals surface area contributed by atoms with Gasteiger partial charge >= 0.3 is 0 Å². The van der Waals surface area contributed by atoms with Gasteiger partial charge in [0.05, 0.1) is 33.5 Å². The van der Waals surface area contributed by atoms with Gasteiger partial charge in [0, 0.05) is 76.1 Å². The first-order valence-electron chi connectivity index (χ1n) is 40.9. The van der Waals surface area contributed by atoms with Gasteiger partial charge < -0.3 is 13.3 Å². The van der Waals surface area contributed by atoms with Crippen LogP contribution in [-0.4, -0.2) is 29.1 Å². The molecule has 19 aromatic rings. The van der Waals surface area contributed by atoms with Crippen molar-refractivity contribution < 1.29 is 13.3 Å². The van der Waals surface area contributed by atoms with E-state index < -0.39 is 0 Å². The summed E-state index contributed by atoms with van der Waals surface area (Å²) in [7, 11) is 0. The number of aromatic nitrogens is 6. The highest BCUT2D eigenvalue weighted by Gasteiger charge is 2.67. The van der Waals surface area contributed by atoms with Crippen LogP contribution in [-0.2, 0) is 16.2 Å². The van der Waals surface area contributed by atoms with Gasteiger partial charge in [-0.05, 0) is 251 Å². The predicted octanol–water partition coefficient (Wildman–Crippen LogP) is 26.6. The Kier molecular flexibility index (Phi) is 12.5. The largest absolute Gasteiger partial charge is 0.456 e. The van der Waals surface area contributed by atoms with E-state index in [0.717, 1.165) is 196 Å². The molecule has 7 aliphatic rings. The number of para-hydroxylation sites is 3. The molecule has 4 bridgehead atoms. The Morgan fingerprint density at radius 1 is 0.339 bits per heavy atom. The molecule has 112 heavy (non-hydrogen) atoms. The lowest BCUT2D eigenvalue weighted by molar-refractivity contribution is 0.0152. The summed E-state index contributed by atoms with van der Waals surface area (Å²) in [5.74, 6) is 7.33. The molecule has 0 spiro atoms. The molecule has 6 unspecified atom stereocenters. The molecular formula is C103H78N6O3. The Bertz CT molecular complexity index is 7360. The van der Waals surface area contributed by atoms with E-state index in [9.17, 15) is 0 Å². The number of hydrogen-bond donors (Lipinski definition) is 0. The molecule has 7 aliphatic carbocycles. The van der Waals surface area contributed by atoms with Crippen LogP contribution in [0.4, 0.5) is 0 Å². The fourth-order valence-corrected chi connectivity index (χ4v) is 24.6. The monoisotopic (exact) mass is 1450 g/mol. The Morgan fingerprint density at radius 3 is 1.65 bits per heavy atom. The molecule has 9 heteroatoms. The Hall–Kier alpha value is -12.2. The van der Waals surface area contributed by atoms with Crippen molar-refractivity contribution in [1.82, 2.24) is 29.1 Å². The van der Waals surface area contributed by atoms with Crippen LogP contribution in [0, 0.1) is 41.4 Å². The number of rotatable bonds is 9. The summed E-state index contributed by atoms with van der Waals surface area (Å²) in [4.78, 5) is 23.0. The van der Waals surface area contributed by atoms with Gasteiger partial charge in [0.1, 0.15) is 39.1 Å². The number of nitrogens with zero attached hydrogens (tertiary/aromatic N) is 6. The molecule has 0 N–H and O–H groups in total. The maximum absolute atomic E-state index is 6.92. The molecule has 538 valence electrons. The minimum absolute atomic E-state index is 0.0944. The molecule has 6 fully saturated rings. The molecule has 0 aliphatic heterocycles. The summed E-state index contributed by atoms with van der Waals surface area (Å²) in [6, 6.07) is 93.9. The number of benzene rings is 12. The summed E-state index contributed by atoms with van der Waals surface area (Å²) in [6.45, 7) is 7.26. The van der Waals surface area contributed by atoms with Gasteiger partial charge in [-0.25, -0.2) is 19.9 Å². The van der Waals surface area contributed by atoms with Crippen LogP contribution in [0.1, 0.15) is 107 Å². The van der Waals surface area contributed by atoms with Gasteiger partial charge in [0.2, 0.25) is 11.9 Å². The molecule has 0 saturated heterocycles. The lowest BCUT2D eigenvalue weighted by Gasteiger charge is -2.48. The highest BCUT2D eigenvalue weighted by molar-refractivity contribution is 6.15. The van der Waals surface area contributed by atoms with Crippen molar-refractivity contribution >= 4 is 110 Å². The Morgan fingerprint density at radius 2 is 0.884 bits per heavy atom. The first-order chi connectivity index (χ1) is 55.0. The van der Waals surface area contributed by atoms with Crippen molar-refractivity contribution in [2.24, 2.45) is 41.4 Å². The molecule has 7 aromatic heterocycles. The lowest BCUT2D eigenvalue weighted by Crippen LogP contribution is -2.40. The van der Waals surface area contributed by atoms with Gasteiger partial charge in [-0.1, -0.05) is 191 Å². The van der Waals surface area contributed by atoms with Gasteiger partial charge in [-0.3, -0.25) is 9.13 Å². The minimum Gasteiger partial charge on any atom is -0.456 e. The van der Waals surface area contributed by atoms with Crippen molar-refractivity contribution in [3.8, 4) is 79.0 Å². The highest BCUT2D eigenvalue weighted by Crippen LogP contribution is 2.74. The molecule has 12 aromatic carbocycles. The van der Waals surface area contributed by atoms with Crippen LogP contribution in [0.5, 0.6) is 0 Å². The van der Waals surface area contributed by atoms with E-state index in [1.54, 1.807) is 5.56 Å². The second-order valence-electron chi connectivity index (χ2n) is 35.6. The van der Waals surface area contributed by atoms with Crippen molar-refractivity contribution in [3.05, 3.63) is 277 Å². The zero-order chi connectivity index (χ0) is 73.4. The Balaban J connectivity index is 0.596.